The Labute approximate surface area is 115 Å². The standard InChI is InChI=1S/C12H15F3N2OS/c1-11(2,10(18)16-6-7-19)8-4-3-5-9(17-8)12(13,14)15/h3-5,19H,6-7H2,1-2H3,(H,16,18). The molecule has 1 amide bonds. The molecule has 1 aromatic rings. The lowest BCUT2D eigenvalue weighted by molar-refractivity contribution is -0.141. The van der Waals surface area contributed by atoms with E-state index in [2.05, 4.69) is 22.9 Å². The van der Waals surface area contributed by atoms with Crippen molar-refractivity contribution in [2.24, 2.45) is 0 Å². The minimum atomic E-state index is -4.52. The summed E-state index contributed by atoms with van der Waals surface area (Å²) in [5, 5.41) is 2.59. The lowest BCUT2D eigenvalue weighted by Gasteiger charge is -2.23. The van der Waals surface area contributed by atoms with Crippen molar-refractivity contribution in [3.63, 3.8) is 0 Å². The summed E-state index contributed by atoms with van der Waals surface area (Å²) in [7, 11) is 0. The van der Waals surface area contributed by atoms with E-state index in [-0.39, 0.29) is 11.6 Å². The predicted molar refractivity (Wildman–Crippen MR) is 69.1 cm³/mol. The number of rotatable bonds is 4. The average Bonchev–Trinajstić information content (AvgIpc) is 2.35. The number of nitrogens with one attached hydrogen (secondary N) is 1. The number of hydrogen-bond donors (Lipinski definition) is 2. The van der Waals surface area contributed by atoms with Gasteiger partial charge in [0, 0.05) is 12.3 Å². The summed E-state index contributed by atoms with van der Waals surface area (Å²) in [5.41, 5.74) is -2.05. The van der Waals surface area contributed by atoms with Crippen molar-refractivity contribution in [2.75, 3.05) is 12.3 Å². The van der Waals surface area contributed by atoms with Crippen LogP contribution in [0, 0.1) is 0 Å². The van der Waals surface area contributed by atoms with Gasteiger partial charge in [-0.15, -0.1) is 0 Å². The molecule has 106 valence electrons. The van der Waals surface area contributed by atoms with E-state index in [0.29, 0.717) is 12.3 Å². The highest BCUT2D eigenvalue weighted by molar-refractivity contribution is 7.80. The summed E-state index contributed by atoms with van der Waals surface area (Å²) < 4.78 is 37.8. The molecule has 7 heteroatoms. The van der Waals surface area contributed by atoms with Gasteiger partial charge in [0.05, 0.1) is 11.1 Å². The highest BCUT2D eigenvalue weighted by Gasteiger charge is 2.36. The van der Waals surface area contributed by atoms with E-state index in [0.717, 1.165) is 6.07 Å². The fraction of sp³-hybridized carbons (Fsp3) is 0.500. The Hall–Kier alpha value is -1.24. The smallest absolute Gasteiger partial charge is 0.354 e. The van der Waals surface area contributed by atoms with Gasteiger partial charge in [-0.3, -0.25) is 4.79 Å². The second-order valence-electron chi connectivity index (χ2n) is 4.51. The Bertz CT molecular complexity index is 461. The number of aromatic nitrogens is 1. The third-order valence-electron chi connectivity index (χ3n) is 2.64. The van der Waals surface area contributed by atoms with Crippen LogP contribution in [-0.2, 0) is 16.4 Å². The highest BCUT2D eigenvalue weighted by Crippen LogP contribution is 2.30. The average molecular weight is 292 g/mol. The molecular weight excluding hydrogens is 277 g/mol. The second-order valence-corrected chi connectivity index (χ2v) is 4.96. The zero-order valence-electron chi connectivity index (χ0n) is 10.6. The van der Waals surface area contributed by atoms with E-state index in [1.807, 2.05) is 0 Å². The first-order valence-corrected chi connectivity index (χ1v) is 6.26. The van der Waals surface area contributed by atoms with Crippen molar-refractivity contribution < 1.29 is 18.0 Å². The summed E-state index contributed by atoms with van der Waals surface area (Å²) >= 11 is 3.95. The highest BCUT2D eigenvalue weighted by atomic mass is 32.1. The number of hydrogen-bond acceptors (Lipinski definition) is 3. The van der Waals surface area contributed by atoms with Crippen LogP contribution in [0.3, 0.4) is 0 Å². The Balaban J connectivity index is 3.04. The Kier molecular flexibility index (Phi) is 4.84. The maximum atomic E-state index is 12.6. The van der Waals surface area contributed by atoms with E-state index in [1.165, 1.54) is 26.0 Å². The van der Waals surface area contributed by atoms with Gasteiger partial charge in [-0.25, -0.2) is 4.98 Å². The molecule has 19 heavy (non-hydrogen) atoms. The SMILES string of the molecule is CC(C)(C(=O)NCCS)c1cccc(C(F)(F)F)n1. The van der Waals surface area contributed by atoms with Crippen LogP contribution in [0.2, 0.25) is 0 Å². The molecule has 0 unspecified atom stereocenters. The molecule has 0 aliphatic carbocycles. The fourth-order valence-corrected chi connectivity index (χ4v) is 1.56. The number of amides is 1. The maximum Gasteiger partial charge on any atom is 0.433 e. The lowest BCUT2D eigenvalue weighted by Crippen LogP contribution is -2.41. The molecular formula is C12H15F3N2OS. The number of carbonyl (C=O) groups excluding carboxylic acids is 1. The van der Waals surface area contributed by atoms with Crippen LogP contribution < -0.4 is 5.32 Å². The minimum absolute atomic E-state index is 0.0824. The van der Waals surface area contributed by atoms with Crippen LogP contribution in [0.1, 0.15) is 25.2 Å². The number of thiol groups is 1. The Morgan fingerprint density at radius 2 is 1.89 bits per heavy atom. The van der Waals surface area contributed by atoms with Crippen LogP contribution in [0.15, 0.2) is 18.2 Å². The second kappa shape index (κ2) is 5.81. The largest absolute Gasteiger partial charge is 0.433 e. The molecule has 1 N–H and O–H groups in total. The number of alkyl halides is 3. The minimum Gasteiger partial charge on any atom is -0.354 e. The van der Waals surface area contributed by atoms with E-state index < -0.39 is 17.3 Å². The quantitative estimate of drug-likeness (QED) is 0.837. The molecule has 3 nitrogen and oxygen atoms in total. The molecule has 0 bridgehead atoms. The van der Waals surface area contributed by atoms with Crippen molar-refractivity contribution in [3.05, 3.63) is 29.6 Å². The van der Waals surface area contributed by atoms with Gasteiger partial charge in [-0.2, -0.15) is 25.8 Å². The summed E-state index contributed by atoms with van der Waals surface area (Å²) in [6, 6.07) is 3.54. The topological polar surface area (TPSA) is 42.0 Å². The van der Waals surface area contributed by atoms with Gasteiger partial charge >= 0.3 is 6.18 Å². The lowest BCUT2D eigenvalue weighted by atomic mass is 9.87. The Morgan fingerprint density at radius 1 is 1.32 bits per heavy atom. The number of halogens is 3. The van der Waals surface area contributed by atoms with Crippen LogP contribution in [0.5, 0.6) is 0 Å². The Morgan fingerprint density at radius 3 is 2.42 bits per heavy atom. The van der Waals surface area contributed by atoms with Gasteiger partial charge in [-0.1, -0.05) is 6.07 Å². The number of pyridine rings is 1. The van der Waals surface area contributed by atoms with Crippen molar-refractivity contribution in [1.29, 1.82) is 0 Å². The van der Waals surface area contributed by atoms with Crippen LogP contribution >= 0.6 is 12.6 Å². The number of nitrogens with zero attached hydrogens (tertiary/aromatic N) is 1. The van der Waals surface area contributed by atoms with Crippen molar-refractivity contribution in [2.45, 2.75) is 25.4 Å². The molecule has 0 saturated carbocycles. The fourth-order valence-electron chi connectivity index (χ4n) is 1.45. The molecule has 0 aliphatic heterocycles. The molecule has 0 radical (unpaired) electrons. The molecule has 0 atom stereocenters. The van der Waals surface area contributed by atoms with Gasteiger partial charge in [0.25, 0.3) is 0 Å². The zero-order valence-corrected chi connectivity index (χ0v) is 11.5. The molecule has 0 aliphatic rings. The number of carbonyl (C=O) groups is 1. The monoisotopic (exact) mass is 292 g/mol. The van der Waals surface area contributed by atoms with Crippen molar-refractivity contribution >= 4 is 18.5 Å². The maximum absolute atomic E-state index is 12.6. The third-order valence-corrected chi connectivity index (χ3v) is 2.87. The summed E-state index contributed by atoms with van der Waals surface area (Å²) in [5.74, 6) is 0.0751. The molecule has 0 saturated heterocycles. The molecule has 1 heterocycles. The zero-order chi connectivity index (χ0) is 14.7. The normalized spacial score (nSPS) is 12.3. The van der Waals surface area contributed by atoms with Gasteiger partial charge in [-0.05, 0) is 26.0 Å². The molecule has 0 spiro atoms. The van der Waals surface area contributed by atoms with E-state index in [1.54, 1.807) is 0 Å². The van der Waals surface area contributed by atoms with E-state index in [4.69, 9.17) is 0 Å². The van der Waals surface area contributed by atoms with Crippen LogP contribution in [0.4, 0.5) is 13.2 Å². The van der Waals surface area contributed by atoms with Crippen LogP contribution in [0.25, 0.3) is 0 Å². The van der Waals surface area contributed by atoms with Crippen LogP contribution in [-0.4, -0.2) is 23.2 Å². The van der Waals surface area contributed by atoms with Crippen molar-refractivity contribution in [3.8, 4) is 0 Å². The first kappa shape index (κ1) is 15.8. The first-order chi connectivity index (χ1) is 8.69. The van der Waals surface area contributed by atoms with Gasteiger partial charge in [0.1, 0.15) is 5.69 Å². The summed E-state index contributed by atoms with van der Waals surface area (Å²) in [6.07, 6.45) is -4.52. The molecule has 0 fully saturated rings. The van der Waals surface area contributed by atoms with Gasteiger partial charge < -0.3 is 5.32 Å². The first-order valence-electron chi connectivity index (χ1n) is 5.63. The summed E-state index contributed by atoms with van der Waals surface area (Å²) in [6.45, 7) is 3.41. The molecule has 1 aromatic heterocycles. The van der Waals surface area contributed by atoms with Crippen molar-refractivity contribution in [1.82, 2.24) is 10.3 Å². The predicted octanol–water partition coefficient (Wildman–Crippen LogP) is 2.42. The summed E-state index contributed by atoms with van der Waals surface area (Å²) in [4.78, 5) is 15.5. The van der Waals surface area contributed by atoms with Gasteiger partial charge in [0.15, 0.2) is 0 Å². The van der Waals surface area contributed by atoms with Gasteiger partial charge in [0.2, 0.25) is 5.91 Å². The molecule has 0 aromatic carbocycles. The van der Waals surface area contributed by atoms with E-state index in [9.17, 15) is 18.0 Å². The molecule has 1 rings (SSSR count). The third kappa shape index (κ3) is 3.86. The van der Waals surface area contributed by atoms with E-state index >= 15 is 0 Å².